The quantitative estimate of drug-likeness (QED) is 0.706. The minimum absolute atomic E-state index is 0.0515. The first-order valence-electron chi connectivity index (χ1n) is 8.94. The molecule has 8 heteroatoms. The first-order chi connectivity index (χ1) is 13.4. The van der Waals surface area contributed by atoms with Crippen LogP contribution in [-0.2, 0) is 14.8 Å². The van der Waals surface area contributed by atoms with E-state index in [2.05, 4.69) is 4.72 Å². The Bertz CT molecular complexity index is 1110. The van der Waals surface area contributed by atoms with Gasteiger partial charge in [-0.1, -0.05) is 30.3 Å². The monoisotopic (exact) mass is 416 g/mol. The maximum Gasteiger partial charge on any atom is 0.271 e. The molecule has 28 heavy (non-hydrogen) atoms. The van der Waals surface area contributed by atoms with Crippen molar-refractivity contribution in [3.63, 3.8) is 0 Å². The highest BCUT2D eigenvalue weighted by Gasteiger charge is 2.26. The fraction of sp³-hybridized carbons (Fsp3) is 0.250. The van der Waals surface area contributed by atoms with Gasteiger partial charge in [0.25, 0.3) is 15.9 Å². The summed E-state index contributed by atoms with van der Waals surface area (Å²) in [7, 11) is -3.76. The molecule has 1 atom stereocenters. The van der Waals surface area contributed by atoms with Crippen LogP contribution < -0.4 is 4.72 Å². The predicted molar refractivity (Wildman–Crippen MR) is 110 cm³/mol. The lowest BCUT2D eigenvalue weighted by Crippen LogP contribution is -2.44. The number of thiophene rings is 1. The van der Waals surface area contributed by atoms with Crippen molar-refractivity contribution in [1.29, 1.82) is 0 Å². The lowest BCUT2D eigenvalue weighted by atomic mass is 10.0. The van der Waals surface area contributed by atoms with E-state index in [-0.39, 0.29) is 21.9 Å². The molecule has 4 rings (SSSR count). The molecular formula is C20H20N2O4S2. The van der Waals surface area contributed by atoms with Crippen molar-refractivity contribution in [2.45, 2.75) is 17.2 Å². The van der Waals surface area contributed by atoms with Crippen LogP contribution in [0.5, 0.6) is 0 Å². The number of hydrogen-bond acceptors (Lipinski definition) is 5. The van der Waals surface area contributed by atoms with Gasteiger partial charge >= 0.3 is 0 Å². The summed E-state index contributed by atoms with van der Waals surface area (Å²) in [4.78, 5) is 14.9. The highest BCUT2D eigenvalue weighted by atomic mass is 32.2. The molecule has 3 aromatic rings. The Morgan fingerprint density at radius 3 is 2.61 bits per heavy atom. The molecule has 2 aromatic carbocycles. The van der Waals surface area contributed by atoms with Gasteiger partial charge in [-0.3, -0.25) is 9.52 Å². The fourth-order valence-corrected chi connectivity index (χ4v) is 5.35. The molecule has 1 N–H and O–H groups in total. The van der Waals surface area contributed by atoms with E-state index in [9.17, 15) is 13.2 Å². The molecule has 1 aliphatic heterocycles. The van der Waals surface area contributed by atoms with Crippen LogP contribution in [-0.4, -0.2) is 45.0 Å². The number of hydrogen-bond donors (Lipinski definition) is 1. The van der Waals surface area contributed by atoms with Crippen LogP contribution in [0.15, 0.2) is 58.1 Å². The highest BCUT2D eigenvalue weighted by Crippen LogP contribution is 2.29. The van der Waals surface area contributed by atoms with E-state index in [0.29, 0.717) is 25.3 Å². The average Bonchev–Trinajstić information content (AvgIpc) is 3.22. The van der Waals surface area contributed by atoms with Crippen molar-refractivity contribution in [2.24, 2.45) is 0 Å². The molecule has 6 nitrogen and oxygen atoms in total. The molecule has 0 spiro atoms. The van der Waals surface area contributed by atoms with Crippen molar-refractivity contribution in [3.05, 3.63) is 59.5 Å². The number of benzene rings is 2. The third kappa shape index (κ3) is 3.76. The minimum Gasteiger partial charge on any atom is -0.375 e. The predicted octanol–water partition coefficient (Wildman–Crippen LogP) is 3.56. The molecule has 1 amide bonds. The second-order valence-corrected chi connectivity index (χ2v) is 9.57. The van der Waals surface area contributed by atoms with Gasteiger partial charge in [0.15, 0.2) is 0 Å². The summed E-state index contributed by atoms with van der Waals surface area (Å²) in [6.45, 7) is 3.34. The number of amides is 1. The molecule has 0 bridgehead atoms. The van der Waals surface area contributed by atoms with E-state index in [1.807, 2.05) is 31.2 Å². The lowest BCUT2D eigenvalue weighted by molar-refractivity contribution is -0.0123. The van der Waals surface area contributed by atoms with E-state index in [1.165, 1.54) is 0 Å². The maximum atomic E-state index is 13.2. The number of morpholine rings is 1. The van der Waals surface area contributed by atoms with Crippen molar-refractivity contribution in [3.8, 4) is 0 Å². The Hall–Kier alpha value is -2.42. The Morgan fingerprint density at radius 2 is 1.93 bits per heavy atom. The van der Waals surface area contributed by atoms with Crippen LogP contribution in [0.2, 0.25) is 0 Å². The van der Waals surface area contributed by atoms with Gasteiger partial charge in [0, 0.05) is 13.1 Å². The molecular weight excluding hydrogens is 396 g/mol. The molecule has 1 aromatic heterocycles. The number of fused-ring (bicyclic) bond motifs is 1. The van der Waals surface area contributed by atoms with Crippen molar-refractivity contribution >= 4 is 43.7 Å². The summed E-state index contributed by atoms with van der Waals surface area (Å²) in [6, 6.07) is 14.3. The number of carbonyl (C=O) groups excluding carboxylic acids is 1. The summed E-state index contributed by atoms with van der Waals surface area (Å²) in [6.07, 6.45) is -0.0515. The van der Waals surface area contributed by atoms with Gasteiger partial charge in [0.2, 0.25) is 0 Å². The Morgan fingerprint density at radius 1 is 1.18 bits per heavy atom. The molecule has 0 saturated carbocycles. The van der Waals surface area contributed by atoms with Gasteiger partial charge in [0.1, 0.15) is 4.21 Å². The zero-order valence-electron chi connectivity index (χ0n) is 15.3. The summed E-state index contributed by atoms with van der Waals surface area (Å²) in [5, 5.41) is 3.44. The standard InChI is InChI=1S/C20H20N2O4S2/c1-14-13-22(8-9-26-14)20(23)17-11-15-5-2-3-6-16(15)12-18(17)21-28(24,25)19-7-4-10-27-19/h2-7,10-12,14,21H,8-9,13H2,1H3. The molecule has 0 aliphatic carbocycles. The summed E-state index contributed by atoms with van der Waals surface area (Å²) >= 11 is 1.13. The molecule has 2 heterocycles. The number of ether oxygens (including phenoxy) is 1. The normalized spacial score (nSPS) is 17.6. The van der Waals surface area contributed by atoms with Crippen molar-refractivity contribution in [1.82, 2.24) is 4.90 Å². The van der Waals surface area contributed by atoms with Gasteiger partial charge in [-0.25, -0.2) is 8.42 Å². The van der Waals surface area contributed by atoms with E-state index in [1.54, 1.807) is 34.5 Å². The summed E-state index contributed by atoms with van der Waals surface area (Å²) in [5.41, 5.74) is 0.629. The van der Waals surface area contributed by atoms with Crippen molar-refractivity contribution < 1.29 is 17.9 Å². The molecule has 1 aliphatic rings. The largest absolute Gasteiger partial charge is 0.375 e. The zero-order valence-corrected chi connectivity index (χ0v) is 16.9. The minimum atomic E-state index is -3.76. The first-order valence-corrected chi connectivity index (χ1v) is 11.3. The fourth-order valence-electron chi connectivity index (χ4n) is 3.29. The van der Waals surface area contributed by atoms with E-state index in [4.69, 9.17) is 4.74 Å². The van der Waals surface area contributed by atoms with Crippen LogP contribution in [0, 0.1) is 0 Å². The third-order valence-electron chi connectivity index (χ3n) is 4.65. The van der Waals surface area contributed by atoms with Crippen LogP contribution in [0.4, 0.5) is 5.69 Å². The van der Waals surface area contributed by atoms with Crippen molar-refractivity contribution in [2.75, 3.05) is 24.4 Å². The second-order valence-electron chi connectivity index (χ2n) is 6.72. The highest BCUT2D eigenvalue weighted by molar-refractivity contribution is 7.94. The van der Waals surface area contributed by atoms with E-state index in [0.717, 1.165) is 22.1 Å². The van der Waals surface area contributed by atoms with Crippen LogP contribution in [0.25, 0.3) is 10.8 Å². The molecule has 146 valence electrons. The van der Waals surface area contributed by atoms with Gasteiger partial charge in [0.05, 0.1) is 24.0 Å². The molecule has 0 radical (unpaired) electrons. The maximum absolute atomic E-state index is 13.2. The second kappa shape index (κ2) is 7.54. The Balaban J connectivity index is 1.77. The average molecular weight is 417 g/mol. The number of rotatable bonds is 4. The number of anilines is 1. The molecule has 1 fully saturated rings. The van der Waals surface area contributed by atoms with Gasteiger partial charge < -0.3 is 9.64 Å². The van der Waals surface area contributed by atoms with Gasteiger partial charge in [-0.05, 0) is 41.3 Å². The van der Waals surface area contributed by atoms with Crippen LogP contribution >= 0.6 is 11.3 Å². The zero-order chi connectivity index (χ0) is 19.7. The summed E-state index contributed by atoms with van der Waals surface area (Å²) < 4.78 is 33.9. The van der Waals surface area contributed by atoms with Gasteiger partial charge in [-0.15, -0.1) is 11.3 Å². The molecule has 1 unspecified atom stereocenters. The number of nitrogens with zero attached hydrogens (tertiary/aromatic N) is 1. The van der Waals surface area contributed by atoms with Crippen LogP contribution in [0.3, 0.4) is 0 Å². The van der Waals surface area contributed by atoms with Gasteiger partial charge in [-0.2, -0.15) is 0 Å². The number of nitrogens with one attached hydrogen (secondary N) is 1. The van der Waals surface area contributed by atoms with E-state index < -0.39 is 10.0 Å². The number of carbonyl (C=O) groups is 1. The number of sulfonamides is 1. The molecule has 1 saturated heterocycles. The third-order valence-corrected chi connectivity index (χ3v) is 7.41. The van der Waals surface area contributed by atoms with Crippen LogP contribution in [0.1, 0.15) is 17.3 Å². The Kier molecular flexibility index (Phi) is 5.09. The first kappa shape index (κ1) is 18.9. The smallest absolute Gasteiger partial charge is 0.271 e. The Labute approximate surface area is 167 Å². The lowest BCUT2D eigenvalue weighted by Gasteiger charge is -2.31. The summed E-state index contributed by atoms with van der Waals surface area (Å²) in [5.74, 6) is -0.204. The SMILES string of the molecule is CC1CN(C(=O)c2cc3ccccc3cc2NS(=O)(=O)c2cccs2)CCO1. The topological polar surface area (TPSA) is 75.7 Å². The van der Waals surface area contributed by atoms with E-state index >= 15 is 0 Å².